The summed E-state index contributed by atoms with van der Waals surface area (Å²) in [5.41, 5.74) is 3.41. The lowest BCUT2D eigenvalue weighted by Crippen LogP contribution is -2.24. The molecule has 0 aliphatic heterocycles. The first-order valence-corrected chi connectivity index (χ1v) is 9.22. The molecule has 1 aromatic carbocycles. The lowest BCUT2D eigenvalue weighted by atomic mass is 10.1. The minimum absolute atomic E-state index is 0.203. The Morgan fingerprint density at radius 2 is 1.90 bits per heavy atom. The highest BCUT2D eigenvalue weighted by Crippen LogP contribution is 2.25. The maximum atomic E-state index is 9.97. The molecule has 0 fully saturated rings. The van der Waals surface area contributed by atoms with Crippen molar-refractivity contribution in [3.05, 3.63) is 59.9 Å². The van der Waals surface area contributed by atoms with E-state index in [9.17, 15) is 5.11 Å². The quantitative estimate of drug-likeness (QED) is 0.584. The number of pyridine rings is 1. The Morgan fingerprint density at radius 1 is 1.10 bits per heavy atom. The maximum absolute atomic E-state index is 9.97. The predicted octanol–water partition coefficient (Wildman–Crippen LogP) is 3.92. The van der Waals surface area contributed by atoms with Gasteiger partial charge in [0.2, 0.25) is 5.95 Å². The summed E-state index contributed by atoms with van der Waals surface area (Å²) in [6, 6.07) is 10.9. The van der Waals surface area contributed by atoms with Crippen LogP contribution < -0.4 is 4.90 Å². The third-order valence-corrected chi connectivity index (χ3v) is 4.30. The zero-order chi connectivity index (χ0) is 20.6. The highest BCUT2D eigenvalue weighted by atomic mass is 16.5. The van der Waals surface area contributed by atoms with Gasteiger partial charge in [-0.15, -0.1) is 5.11 Å². The van der Waals surface area contributed by atoms with Crippen LogP contribution in [0, 0.1) is 6.92 Å². The molecule has 3 aromatic rings. The van der Waals surface area contributed by atoms with Crippen molar-refractivity contribution >= 4 is 11.8 Å². The third-order valence-electron chi connectivity index (χ3n) is 4.30. The summed E-state index contributed by atoms with van der Waals surface area (Å²) >= 11 is 0. The zero-order valence-electron chi connectivity index (χ0n) is 16.8. The van der Waals surface area contributed by atoms with Crippen molar-refractivity contribution in [2.45, 2.75) is 13.5 Å². The fourth-order valence-electron chi connectivity index (χ4n) is 2.67. The molecule has 2 aromatic heterocycles. The van der Waals surface area contributed by atoms with Crippen LogP contribution >= 0.6 is 0 Å². The third kappa shape index (κ3) is 5.55. The van der Waals surface area contributed by atoms with E-state index >= 15 is 0 Å². The fourth-order valence-corrected chi connectivity index (χ4v) is 2.67. The molecule has 0 radical (unpaired) electrons. The molecule has 0 unspecified atom stereocenters. The van der Waals surface area contributed by atoms with E-state index < -0.39 is 0 Å². The molecule has 2 heterocycles. The maximum Gasteiger partial charge on any atom is 0.227 e. The molecule has 8 heteroatoms. The van der Waals surface area contributed by atoms with Crippen molar-refractivity contribution < 1.29 is 9.84 Å². The van der Waals surface area contributed by atoms with Gasteiger partial charge in [0.1, 0.15) is 5.75 Å². The number of azo groups is 1. The van der Waals surface area contributed by atoms with Gasteiger partial charge in [0.05, 0.1) is 18.8 Å². The summed E-state index contributed by atoms with van der Waals surface area (Å²) in [6.45, 7) is 3.43. The van der Waals surface area contributed by atoms with Crippen LogP contribution in [0.25, 0.3) is 11.3 Å². The Balaban J connectivity index is 1.89. The van der Waals surface area contributed by atoms with E-state index in [1.54, 1.807) is 31.6 Å². The Morgan fingerprint density at radius 3 is 2.66 bits per heavy atom. The van der Waals surface area contributed by atoms with Gasteiger partial charge in [0, 0.05) is 50.3 Å². The molecule has 0 amide bonds. The first-order chi connectivity index (χ1) is 14.1. The van der Waals surface area contributed by atoms with Gasteiger partial charge in [-0.3, -0.25) is 4.98 Å². The van der Waals surface area contributed by atoms with Crippen LogP contribution in [-0.2, 0) is 11.3 Å². The lowest BCUT2D eigenvalue weighted by molar-refractivity contribution is 0.206. The second kappa shape index (κ2) is 9.70. The number of hydrogen-bond acceptors (Lipinski definition) is 8. The number of phenolic OH excluding ortho intramolecular Hbond substituents is 1. The zero-order valence-corrected chi connectivity index (χ0v) is 16.8. The second-order valence-corrected chi connectivity index (χ2v) is 6.59. The number of nitrogens with zero attached hydrogens (tertiary/aromatic N) is 6. The summed E-state index contributed by atoms with van der Waals surface area (Å²) in [6.07, 6.45) is 3.43. The summed E-state index contributed by atoms with van der Waals surface area (Å²) in [4.78, 5) is 15.1. The number of aromatic nitrogens is 3. The van der Waals surface area contributed by atoms with Gasteiger partial charge in [-0.25, -0.2) is 4.98 Å². The molecule has 0 aliphatic carbocycles. The van der Waals surface area contributed by atoms with Crippen molar-refractivity contribution in [1.29, 1.82) is 0 Å². The molecule has 150 valence electrons. The lowest BCUT2D eigenvalue weighted by Gasteiger charge is -2.17. The van der Waals surface area contributed by atoms with Crippen LogP contribution in [0.5, 0.6) is 5.75 Å². The van der Waals surface area contributed by atoms with Gasteiger partial charge in [-0.1, -0.05) is 17.7 Å². The van der Waals surface area contributed by atoms with Crippen molar-refractivity contribution in [3.63, 3.8) is 0 Å². The summed E-state index contributed by atoms with van der Waals surface area (Å²) in [5.74, 6) is 1.18. The van der Waals surface area contributed by atoms with Crippen LogP contribution in [0.4, 0.5) is 11.8 Å². The minimum Gasteiger partial charge on any atom is -0.508 e. The van der Waals surface area contributed by atoms with Crippen LogP contribution in [0.2, 0.25) is 0 Å². The Bertz CT molecular complexity index is 978. The van der Waals surface area contributed by atoms with E-state index in [1.165, 1.54) is 0 Å². The number of rotatable bonds is 8. The van der Waals surface area contributed by atoms with E-state index in [1.807, 2.05) is 43.1 Å². The molecule has 3 rings (SSSR count). The van der Waals surface area contributed by atoms with E-state index in [0.717, 1.165) is 22.4 Å². The van der Waals surface area contributed by atoms with Crippen LogP contribution in [0.1, 0.15) is 11.1 Å². The van der Waals surface area contributed by atoms with E-state index in [0.29, 0.717) is 24.9 Å². The molecule has 0 spiro atoms. The largest absolute Gasteiger partial charge is 0.508 e. The van der Waals surface area contributed by atoms with Crippen LogP contribution in [-0.4, -0.2) is 47.4 Å². The highest BCUT2D eigenvalue weighted by Gasteiger charge is 2.10. The van der Waals surface area contributed by atoms with Gasteiger partial charge in [0.15, 0.2) is 5.82 Å². The van der Waals surface area contributed by atoms with Gasteiger partial charge < -0.3 is 14.7 Å². The average Bonchev–Trinajstić information content (AvgIpc) is 2.75. The Hall–Kier alpha value is -3.39. The summed E-state index contributed by atoms with van der Waals surface area (Å²) < 4.78 is 5.14. The number of phenols is 1. The standard InChI is InChI=1S/C21H24N6O2/c1-15-4-5-19(28)17(12-15)14-23-26-20-13-18(16-6-8-22-9-7-16)24-21(25-20)27(2)10-11-29-3/h4-9,12-13,28H,10-11,14H2,1-3H3. The molecule has 8 nitrogen and oxygen atoms in total. The van der Waals surface area contributed by atoms with Crippen LogP contribution in [0.15, 0.2) is 59.0 Å². The molecule has 0 aliphatic rings. The van der Waals surface area contributed by atoms with Crippen molar-refractivity contribution in [2.75, 3.05) is 32.2 Å². The highest BCUT2D eigenvalue weighted by molar-refractivity contribution is 5.63. The Labute approximate surface area is 170 Å². The SMILES string of the molecule is COCCN(C)c1nc(N=NCc2cc(C)ccc2O)cc(-c2ccncc2)n1. The van der Waals surface area contributed by atoms with Gasteiger partial charge >= 0.3 is 0 Å². The van der Waals surface area contributed by atoms with E-state index in [4.69, 9.17) is 4.74 Å². The van der Waals surface area contributed by atoms with Crippen molar-refractivity contribution in [2.24, 2.45) is 10.2 Å². The van der Waals surface area contributed by atoms with Crippen molar-refractivity contribution in [1.82, 2.24) is 15.0 Å². The molecule has 1 N–H and O–H groups in total. The van der Waals surface area contributed by atoms with Gasteiger partial charge in [-0.05, 0) is 25.1 Å². The normalized spacial score (nSPS) is 11.1. The molecule has 0 bridgehead atoms. The van der Waals surface area contributed by atoms with E-state index in [2.05, 4.69) is 25.2 Å². The number of anilines is 1. The monoisotopic (exact) mass is 392 g/mol. The number of methoxy groups -OCH3 is 1. The molecular weight excluding hydrogens is 368 g/mol. The van der Waals surface area contributed by atoms with Gasteiger partial charge in [0.25, 0.3) is 0 Å². The predicted molar refractivity (Wildman–Crippen MR) is 111 cm³/mol. The van der Waals surface area contributed by atoms with E-state index in [-0.39, 0.29) is 12.3 Å². The second-order valence-electron chi connectivity index (χ2n) is 6.59. The molecule has 0 saturated carbocycles. The number of likely N-dealkylation sites (N-methyl/N-ethyl adjacent to an activating group) is 1. The fraction of sp³-hybridized carbons (Fsp3) is 0.286. The number of aryl methyl sites for hydroxylation is 1. The first-order valence-electron chi connectivity index (χ1n) is 9.22. The summed E-state index contributed by atoms with van der Waals surface area (Å²) in [7, 11) is 3.55. The molecular formula is C21H24N6O2. The first kappa shape index (κ1) is 20.3. The van der Waals surface area contributed by atoms with Crippen molar-refractivity contribution in [3.8, 4) is 17.0 Å². The summed E-state index contributed by atoms with van der Waals surface area (Å²) in [5, 5.41) is 18.5. The smallest absolute Gasteiger partial charge is 0.227 e. The topological polar surface area (TPSA) is 96.1 Å². The number of ether oxygens (including phenoxy) is 1. The number of benzene rings is 1. The average molecular weight is 392 g/mol. The molecule has 29 heavy (non-hydrogen) atoms. The molecule has 0 atom stereocenters. The van der Waals surface area contributed by atoms with Crippen LogP contribution in [0.3, 0.4) is 0 Å². The molecule has 0 saturated heterocycles. The Kier molecular flexibility index (Phi) is 6.80. The number of aromatic hydroxyl groups is 1. The number of hydrogen-bond donors (Lipinski definition) is 1. The van der Waals surface area contributed by atoms with Gasteiger partial charge in [-0.2, -0.15) is 10.1 Å². The minimum atomic E-state index is 0.203.